The molecule has 0 bridgehead atoms. The smallest absolute Gasteiger partial charge is 0.331 e. The first-order valence-electron chi connectivity index (χ1n) is 11.4. The molecule has 0 radical (unpaired) electrons. The number of hydrogen-bond donors (Lipinski definition) is 2. The van der Waals surface area contributed by atoms with Crippen molar-refractivity contribution in [1.82, 2.24) is 9.88 Å². The fourth-order valence-corrected chi connectivity index (χ4v) is 4.44. The Hall–Kier alpha value is -3.68. The summed E-state index contributed by atoms with van der Waals surface area (Å²) in [6, 6.07) is 9.71. The monoisotopic (exact) mass is 466 g/mol. The number of carboxylic acid groups (broad SMARTS) is 1. The quantitative estimate of drug-likeness (QED) is 0.516. The van der Waals surface area contributed by atoms with E-state index in [1.165, 1.54) is 4.90 Å². The van der Waals surface area contributed by atoms with Gasteiger partial charge < -0.3 is 29.2 Å². The molecule has 1 aliphatic heterocycles. The van der Waals surface area contributed by atoms with E-state index in [9.17, 15) is 14.7 Å². The van der Waals surface area contributed by atoms with Crippen LogP contribution in [0.5, 0.6) is 17.2 Å². The summed E-state index contributed by atoms with van der Waals surface area (Å²) in [4.78, 5) is 30.8. The summed E-state index contributed by atoms with van der Waals surface area (Å²) in [5.74, 6) is -0.135. The molecule has 1 amide bonds. The second kappa shape index (κ2) is 9.67. The highest BCUT2D eigenvalue weighted by atomic mass is 16.5. The van der Waals surface area contributed by atoms with Crippen molar-refractivity contribution in [2.24, 2.45) is 5.92 Å². The minimum absolute atomic E-state index is 0.164. The summed E-state index contributed by atoms with van der Waals surface area (Å²) in [7, 11) is 1.61. The SMILES string of the molecule is CCOc1cccc2c1OC(C(C)C)C(=O)N(CCc1c[nH]c3ccc(OC)cc13)C2C(=O)O. The van der Waals surface area contributed by atoms with E-state index in [0.717, 1.165) is 22.2 Å². The lowest BCUT2D eigenvalue weighted by Crippen LogP contribution is -2.46. The van der Waals surface area contributed by atoms with Gasteiger partial charge in [0.25, 0.3) is 5.91 Å². The topological polar surface area (TPSA) is 101 Å². The molecule has 1 aliphatic rings. The number of amides is 1. The summed E-state index contributed by atoms with van der Waals surface area (Å²) < 4.78 is 17.2. The molecule has 1 aromatic heterocycles. The predicted octanol–water partition coefficient (Wildman–Crippen LogP) is 4.19. The number of para-hydroxylation sites is 1. The number of aromatic nitrogens is 1. The van der Waals surface area contributed by atoms with E-state index in [1.807, 2.05) is 45.2 Å². The molecule has 2 atom stereocenters. The predicted molar refractivity (Wildman–Crippen MR) is 128 cm³/mol. The van der Waals surface area contributed by atoms with Crippen LogP contribution in [0.2, 0.25) is 0 Å². The van der Waals surface area contributed by atoms with Gasteiger partial charge in [-0.2, -0.15) is 0 Å². The molecule has 2 heterocycles. The van der Waals surface area contributed by atoms with E-state index < -0.39 is 18.1 Å². The lowest BCUT2D eigenvalue weighted by molar-refractivity contribution is -0.153. The second-order valence-corrected chi connectivity index (χ2v) is 8.64. The first-order valence-corrected chi connectivity index (χ1v) is 11.4. The van der Waals surface area contributed by atoms with Crippen LogP contribution in [0.1, 0.15) is 37.9 Å². The number of benzene rings is 2. The molecule has 34 heavy (non-hydrogen) atoms. The maximum Gasteiger partial charge on any atom is 0.331 e. The first kappa shape index (κ1) is 23.5. The average Bonchev–Trinajstić information content (AvgIpc) is 3.16. The second-order valence-electron chi connectivity index (χ2n) is 8.64. The number of carbonyl (C=O) groups is 2. The van der Waals surface area contributed by atoms with Crippen LogP contribution in [-0.4, -0.2) is 53.2 Å². The Labute approximate surface area is 198 Å². The minimum Gasteiger partial charge on any atom is -0.497 e. The molecule has 8 heteroatoms. The molecule has 4 rings (SSSR count). The van der Waals surface area contributed by atoms with Crippen molar-refractivity contribution >= 4 is 22.8 Å². The Morgan fingerprint density at radius 3 is 2.74 bits per heavy atom. The standard InChI is InChI=1S/C26H30N2O6/c1-5-33-21-8-6-7-18-22(26(30)31)28(25(29)23(15(2)3)34-24(18)21)12-11-16-14-27-20-10-9-17(32-4)13-19(16)20/h6-10,13-15,22-23,27H,5,11-12H2,1-4H3,(H,30,31). The van der Waals surface area contributed by atoms with Gasteiger partial charge in [0.1, 0.15) is 5.75 Å². The van der Waals surface area contributed by atoms with Crippen LogP contribution in [0.4, 0.5) is 0 Å². The van der Waals surface area contributed by atoms with Gasteiger partial charge in [-0.15, -0.1) is 0 Å². The molecule has 0 spiro atoms. The summed E-state index contributed by atoms with van der Waals surface area (Å²) in [6.07, 6.45) is 1.53. The molecule has 2 aromatic carbocycles. The van der Waals surface area contributed by atoms with E-state index >= 15 is 0 Å². The van der Waals surface area contributed by atoms with Gasteiger partial charge in [-0.05, 0) is 49.1 Å². The summed E-state index contributed by atoms with van der Waals surface area (Å²) in [6.45, 7) is 6.22. The number of nitrogens with zero attached hydrogens (tertiary/aromatic N) is 1. The zero-order valence-electron chi connectivity index (χ0n) is 19.8. The van der Waals surface area contributed by atoms with Gasteiger partial charge >= 0.3 is 5.97 Å². The van der Waals surface area contributed by atoms with E-state index in [2.05, 4.69) is 4.98 Å². The molecule has 0 fully saturated rings. The van der Waals surface area contributed by atoms with Crippen molar-refractivity contribution in [3.8, 4) is 17.2 Å². The van der Waals surface area contributed by atoms with Crippen LogP contribution >= 0.6 is 0 Å². The van der Waals surface area contributed by atoms with Gasteiger partial charge in [0.05, 0.1) is 13.7 Å². The molecule has 0 aliphatic carbocycles. The molecule has 2 unspecified atom stereocenters. The molecule has 2 N–H and O–H groups in total. The summed E-state index contributed by atoms with van der Waals surface area (Å²) in [5.41, 5.74) is 2.33. The number of hydrogen-bond acceptors (Lipinski definition) is 5. The number of carbonyl (C=O) groups excluding carboxylic acids is 1. The zero-order chi connectivity index (χ0) is 24.4. The van der Waals surface area contributed by atoms with Gasteiger partial charge in [-0.1, -0.05) is 26.0 Å². The van der Waals surface area contributed by atoms with Crippen LogP contribution in [0.15, 0.2) is 42.6 Å². The maximum atomic E-state index is 13.6. The van der Waals surface area contributed by atoms with E-state index in [4.69, 9.17) is 14.2 Å². The van der Waals surface area contributed by atoms with Crippen molar-refractivity contribution in [3.05, 3.63) is 53.7 Å². The third-order valence-corrected chi connectivity index (χ3v) is 6.12. The van der Waals surface area contributed by atoms with Crippen LogP contribution < -0.4 is 14.2 Å². The Bertz CT molecular complexity index is 1200. The fraction of sp³-hybridized carbons (Fsp3) is 0.385. The van der Waals surface area contributed by atoms with Gasteiger partial charge in [0.2, 0.25) is 0 Å². The van der Waals surface area contributed by atoms with Gasteiger partial charge in [0, 0.05) is 29.2 Å². The highest BCUT2D eigenvalue weighted by Crippen LogP contribution is 2.42. The number of nitrogens with one attached hydrogen (secondary N) is 1. The number of ether oxygens (including phenoxy) is 3. The molecular weight excluding hydrogens is 436 g/mol. The fourth-order valence-electron chi connectivity index (χ4n) is 4.44. The minimum atomic E-state index is -1.19. The van der Waals surface area contributed by atoms with Crippen molar-refractivity contribution in [1.29, 1.82) is 0 Å². The van der Waals surface area contributed by atoms with Crippen molar-refractivity contribution < 1.29 is 28.9 Å². The van der Waals surface area contributed by atoms with Crippen LogP contribution in [0, 0.1) is 5.92 Å². The number of aliphatic carboxylic acids is 1. The number of fused-ring (bicyclic) bond motifs is 2. The molecule has 8 nitrogen and oxygen atoms in total. The van der Waals surface area contributed by atoms with Gasteiger partial charge in [-0.25, -0.2) is 4.79 Å². The zero-order valence-corrected chi connectivity index (χ0v) is 19.8. The third kappa shape index (κ3) is 4.27. The average molecular weight is 467 g/mol. The lowest BCUT2D eigenvalue weighted by atomic mass is 10.0. The summed E-state index contributed by atoms with van der Waals surface area (Å²) in [5, 5.41) is 11.2. The third-order valence-electron chi connectivity index (χ3n) is 6.12. The molecule has 0 saturated carbocycles. The molecule has 180 valence electrons. The Morgan fingerprint density at radius 2 is 2.06 bits per heavy atom. The Morgan fingerprint density at radius 1 is 1.26 bits per heavy atom. The highest BCUT2D eigenvalue weighted by Gasteiger charge is 2.42. The lowest BCUT2D eigenvalue weighted by Gasteiger charge is -2.29. The van der Waals surface area contributed by atoms with Crippen LogP contribution in [-0.2, 0) is 16.0 Å². The number of carboxylic acids is 1. The van der Waals surface area contributed by atoms with Crippen molar-refractivity contribution in [2.75, 3.05) is 20.3 Å². The first-order chi connectivity index (χ1) is 16.3. The summed E-state index contributed by atoms with van der Waals surface area (Å²) >= 11 is 0. The van der Waals surface area contributed by atoms with Gasteiger partial charge in [0.15, 0.2) is 23.6 Å². The normalized spacial score (nSPS) is 17.9. The number of aromatic amines is 1. The molecule has 3 aromatic rings. The number of rotatable bonds is 8. The highest BCUT2D eigenvalue weighted by molar-refractivity contribution is 5.90. The number of H-pyrrole nitrogens is 1. The van der Waals surface area contributed by atoms with E-state index in [1.54, 1.807) is 25.3 Å². The number of methoxy groups -OCH3 is 1. The largest absolute Gasteiger partial charge is 0.497 e. The molecular formula is C26H30N2O6. The maximum absolute atomic E-state index is 13.6. The van der Waals surface area contributed by atoms with Crippen molar-refractivity contribution in [3.63, 3.8) is 0 Å². The van der Waals surface area contributed by atoms with E-state index in [0.29, 0.717) is 30.1 Å². The molecule has 0 saturated heterocycles. The van der Waals surface area contributed by atoms with Crippen LogP contribution in [0.3, 0.4) is 0 Å². The van der Waals surface area contributed by atoms with Gasteiger partial charge in [-0.3, -0.25) is 4.79 Å². The van der Waals surface area contributed by atoms with E-state index in [-0.39, 0.29) is 18.4 Å². The van der Waals surface area contributed by atoms with Crippen molar-refractivity contribution in [2.45, 2.75) is 39.3 Å². The Balaban J connectivity index is 1.74. The Kier molecular flexibility index (Phi) is 6.68. The van der Waals surface area contributed by atoms with Crippen LogP contribution in [0.25, 0.3) is 10.9 Å².